The van der Waals surface area contributed by atoms with Crippen molar-refractivity contribution in [2.24, 2.45) is 0 Å². The lowest BCUT2D eigenvalue weighted by atomic mass is 9.98. The molecule has 0 aliphatic carbocycles. The van der Waals surface area contributed by atoms with Crippen LogP contribution in [0.2, 0.25) is 0 Å². The van der Waals surface area contributed by atoms with Crippen LogP contribution >= 0.6 is 0 Å². The Bertz CT molecular complexity index is 354. The zero-order valence-electron chi connectivity index (χ0n) is 12.5. The molecule has 2 heterocycles. The summed E-state index contributed by atoms with van der Waals surface area (Å²) in [7, 11) is 2.10. The van der Waals surface area contributed by atoms with Crippen LogP contribution in [0.25, 0.3) is 0 Å². The van der Waals surface area contributed by atoms with E-state index in [0.29, 0.717) is 12.6 Å². The van der Waals surface area contributed by atoms with E-state index in [1.165, 1.54) is 0 Å². The van der Waals surface area contributed by atoms with Gasteiger partial charge in [-0.25, -0.2) is 0 Å². The zero-order chi connectivity index (χ0) is 15.5. The SMILES string of the molecule is CN1CCC(N2CCC[C@H](NC(=O)CC(F)(F)F)C2)CC1. The van der Waals surface area contributed by atoms with E-state index in [2.05, 4.69) is 22.2 Å². The van der Waals surface area contributed by atoms with Crippen LogP contribution in [0.15, 0.2) is 0 Å². The smallest absolute Gasteiger partial charge is 0.352 e. The molecule has 0 saturated carbocycles. The van der Waals surface area contributed by atoms with Gasteiger partial charge >= 0.3 is 6.18 Å². The Hall–Kier alpha value is -0.820. The fraction of sp³-hybridized carbons (Fsp3) is 0.929. The lowest BCUT2D eigenvalue weighted by molar-refractivity contribution is -0.154. The highest BCUT2D eigenvalue weighted by atomic mass is 19.4. The van der Waals surface area contributed by atoms with Gasteiger partial charge in [-0.3, -0.25) is 9.69 Å². The average molecular weight is 307 g/mol. The Balaban J connectivity index is 1.79. The zero-order valence-corrected chi connectivity index (χ0v) is 12.5. The molecule has 1 atom stereocenters. The van der Waals surface area contributed by atoms with Gasteiger partial charge in [0.05, 0.1) is 0 Å². The number of nitrogens with zero attached hydrogens (tertiary/aromatic N) is 2. The summed E-state index contributed by atoms with van der Waals surface area (Å²) >= 11 is 0. The number of amides is 1. The molecule has 0 bridgehead atoms. The highest BCUT2D eigenvalue weighted by molar-refractivity contribution is 5.76. The molecule has 122 valence electrons. The van der Waals surface area contributed by atoms with Gasteiger partial charge in [-0.05, 0) is 52.4 Å². The van der Waals surface area contributed by atoms with E-state index in [1.807, 2.05) is 0 Å². The second-order valence-electron chi connectivity index (χ2n) is 6.23. The first-order valence-electron chi connectivity index (χ1n) is 7.62. The van der Waals surface area contributed by atoms with Gasteiger partial charge in [-0.15, -0.1) is 0 Å². The first kappa shape index (κ1) is 16.5. The molecule has 2 saturated heterocycles. The molecule has 0 spiro atoms. The Labute approximate surface area is 123 Å². The van der Waals surface area contributed by atoms with Crippen LogP contribution in [0.1, 0.15) is 32.1 Å². The van der Waals surface area contributed by atoms with Gasteiger partial charge in [-0.2, -0.15) is 13.2 Å². The lowest BCUT2D eigenvalue weighted by Crippen LogP contribution is -2.53. The number of carbonyl (C=O) groups is 1. The average Bonchev–Trinajstić information content (AvgIpc) is 2.37. The van der Waals surface area contributed by atoms with Crippen LogP contribution in [0.3, 0.4) is 0 Å². The van der Waals surface area contributed by atoms with E-state index in [1.54, 1.807) is 0 Å². The maximum absolute atomic E-state index is 12.2. The summed E-state index contributed by atoms with van der Waals surface area (Å²) in [6, 6.07) is 0.358. The first-order chi connectivity index (χ1) is 9.83. The van der Waals surface area contributed by atoms with E-state index >= 15 is 0 Å². The normalized spacial score (nSPS) is 26.8. The number of nitrogens with one attached hydrogen (secondary N) is 1. The largest absolute Gasteiger partial charge is 0.397 e. The molecular formula is C14H24F3N3O. The van der Waals surface area contributed by atoms with Crippen LogP contribution in [0, 0.1) is 0 Å². The third-order valence-corrected chi connectivity index (χ3v) is 4.38. The molecule has 2 rings (SSSR count). The molecular weight excluding hydrogens is 283 g/mol. The molecule has 0 radical (unpaired) electrons. The van der Waals surface area contributed by atoms with Crippen LogP contribution in [0.5, 0.6) is 0 Å². The maximum Gasteiger partial charge on any atom is 0.397 e. The maximum atomic E-state index is 12.2. The molecule has 0 unspecified atom stereocenters. The van der Waals surface area contributed by atoms with Gasteiger partial charge in [0.1, 0.15) is 6.42 Å². The summed E-state index contributed by atoms with van der Waals surface area (Å²) in [4.78, 5) is 16.0. The van der Waals surface area contributed by atoms with E-state index in [4.69, 9.17) is 0 Å². The number of alkyl halides is 3. The van der Waals surface area contributed by atoms with Gasteiger partial charge in [0, 0.05) is 18.6 Å². The highest BCUT2D eigenvalue weighted by Gasteiger charge is 2.33. The van der Waals surface area contributed by atoms with E-state index in [9.17, 15) is 18.0 Å². The van der Waals surface area contributed by atoms with E-state index in [-0.39, 0.29) is 6.04 Å². The molecule has 1 amide bonds. The number of likely N-dealkylation sites (tertiary alicyclic amines) is 2. The second-order valence-corrected chi connectivity index (χ2v) is 6.23. The number of hydrogen-bond donors (Lipinski definition) is 1. The molecule has 21 heavy (non-hydrogen) atoms. The minimum Gasteiger partial charge on any atom is -0.352 e. The summed E-state index contributed by atoms with van der Waals surface area (Å²) in [6.07, 6.45) is -1.90. The summed E-state index contributed by atoms with van der Waals surface area (Å²) in [5.74, 6) is -0.905. The third-order valence-electron chi connectivity index (χ3n) is 4.38. The number of rotatable bonds is 3. The van der Waals surface area contributed by atoms with Crippen molar-refractivity contribution in [2.45, 2.75) is 50.4 Å². The van der Waals surface area contributed by atoms with E-state index in [0.717, 1.165) is 45.3 Å². The Morgan fingerprint density at radius 3 is 2.48 bits per heavy atom. The Kier molecular flexibility index (Phi) is 5.48. The van der Waals surface area contributed by atoms with Crippen molar-refractivity contribution in [3.8, 4) is 0 Å². The van der Waals surface area contributed by atoms with Crippen molar-refractivity contribution in [2.75, 3.05) is 33.2 Å². The van der Waals surface area contributed by atoms with Crippen molar-refractivity contribution < 1.29 is 18.0 Å². The molecule has 2 aliphatic heterocycles. The number of carbonyl (C=O) groups excluding carboxylic acids is 1. The predicted molar refractivity (Wildman–Crippen MR) is 73.9 cm³/mol. The fourth-order valence-electron chi connectivity index (χ4n) is 3.28. The van der Waals surface area contributed by atoms with Crippen molar-refractivity contribution in [3.63, 3.8) is 0 Å². The Morgan fingerprint density at radius 1 is 1.19 bits per heavy atom. The summed E-state index contributed by atoms with van der Waals surface area (Å²) in [5.41, 5.74) is 0. The van der Waals surface area contributed by atoms with Gasteiger partial charge in [0.25, 0.3) is 0 Å². The van der Waals surface area contributed by atoms with Crippen LogP contribution in [0.4, 0.5) is 13.2 Å². The minimum absolute atomic E-state index is 0.145. The van der Waals surface area contributed by atoms with Gasteiger partial charge in [0.2, 0.25) is 5.91 Å². The van der Waals surface area contributed by atoms with Crippen molar-refractivity contribution in [3.05, 3.63) is 0 Å². The fourth-order valence-corrected chi connectivity index (χ4v) is 3.28. The Morgan fingerprint density at radius 2 is 1.86 bits per heavy atom. The van der Waals surface area contributed by atoms with Crippen LogP contribution < -0.4 is 5.32 Å². The molecule has 0 aromatic heterocycles. The molecule has 2 fully saturated rings. The number of piperidine rings is 2. The second kappa shape index (κ2) is 6.96. The molecule has 2 aliphatic rings. The van der Waals surface area contributed by atoms with E-state index < -0.39 is 18.5 Å². The number of halogens is 3. The summed E-state index contributed by atoms with van der Waals surface area (Å²) in [6.45, 7) is 3.79. The molecule has 0 aromatic rings. The quantitative estimate of drug-likeness (QED) is 0.860. The predicted octanol–water partition coefficient (Wildman–Crippen LogP) is 1.61. The van der Waals surface area contributed by atoms with Crippen LogP contribution in [-0.4, -0.2) is 67.2 Å². The molecule has 0 aromatic carbocycles. The third kappa shape index (κ3) is 5.47. The van der Waals surface area contributed by atoms with Gasteiger partial charge < -0.3 is 10.2 Å². The lowest BCUT2D eigenvalue weighted by Gasteiger charge is -2.41. The molecule has 7 heteroatoms. The highest BCUT2D eigenvalue weighted by Crippen LogP contribution is 2.22. The van der Waals surface area contributed by atoms with Crippen molar-refractivity contribution >= 4 is 5.91 Å². The van der Waals surface area contributed by atoms with Crippen molar-refractivity contribution in [1.29, 1.82) is 0 Å². The van der Waals surface area contributed by atoms with Crippen molar-refractivity contribution in [1.82, 2.24) is 15.1 Å². The van der Waals surface area contributed by atoms with Gasteiger partial charge in [0.15, 0.2) is 0 Å². The monoisotopic (exact) mass is 307 g/mol. The number of hydrogen-bond acceptors (Lipinski definition) is 3. The molecule has 4 nitrogen and oxygen atoms in total. The summed E-state index contributed by atoms with van der Waals surface area (Å²) in [5, 5.41) is 2.54. The minimum atomic E-state index is -4.42. The summed E-state index contributed by atoms with van der Waals surface area (Å²) < 4.78 is 36.6. The topological polar surface area (TPSA) is 35.6 Å². The first-order valence-corrected chi connectivity index (χ1v) is 7.62. The standard InChI is InChI=1S/C14H24F3N3O/c1-19-7-4-12(5-8-19)20-6-2-3-11(10-20)18-13(21)9-14(15,16)17/h11-12H,2-10H2,1H3,(H,18,21)/t11-/m0/s1. The van der Waals surface area contributed by atoms with Gasteiger partial charge in [-0.1, -0.05) is 0 Å². The van der Waals surface area contributed by atoms with Crippen LogP contribution in [-0.2, 0) is 4.79 Å². The molecule has 1 N–H and O–H groups in total.